The monoisotopic (exact) mass is 415 g/mol. The van der Waals surface area contributed by atoms with Gasteiger partial charge in [-0.25, -0.2) is 9.37 Å². The normalized spacial score (nSPS) is 16.5. The van der Waals surface area contributed by atoms with Gasteiger partial charge in [0.15, 0.2) is 0 Å². The topological polar surface area (TPSA) is 59.2 Å². The molecular formula is C25H22FN3O2. The summed E-state index contributed by atoms with van der Waals surface area (Å²) in [4.78, 5) is 24.2. The molecule has 5 nitrogen and oxygen atoms in total. The number of pyridine rings is 1. The van der Waals surface area contributed by atoms with Gasteiger partial charge in [0, 0.05) is 24.5 Å². The average Bonchev–Trinajstić information content (AvgIpc) is 3.28. The Bertz CT molecular complexity index is 1210. The van der Waals surface area contributed by atoms with E-state index in [4.69, 9.17) is 4.42 Å². The number of hydrogen-bond acceptors (Lipinski definition) is 4. The average molecular weight is 415 g/mol. The molecule has 1 atom stereocenters. The largest absolute Gasteiger partial charge is 0.443 e. The fourth-order valence-corrected chi connectivity index (χ4v) is 4.22. The second kappa shape index (κ2) is 8.30. The van der Waals surface area contributed by atoms with Gasteiger partial charge in [-0.2, -0.15) is 0 Å². The van der Waals surface area contributed by atoms with E-state index >= 15 is 0 Å². The molecule has 3 heterocycles. The molecule has 2 aromatic carbocycles. The van der Waals surface area contributed by atoms with E-state index in [2.05, 4.69) is 9.97 Å². The molecule has 31 heavy (non-hydrogen) atoms. The number of aromatic nitrogens is 2. The van der Waals surface area contributed by atoms with Crippen molar-refractivity contribution in [2.24, 2.45) is 0 Å². The van der Waals surface area contributed by atoms with Crippen molar-refractivity contribution in [1.82, 2.24) is 14.9 Å². The quantitative estimate of drug-likeness (QED) is 0.453. The van der Waals surface area contributed by atoms with Crippen molar-refractivity contribution in [1.29, 1.82) is 0 Å². The third kappa shape index (κ3) is 3.93. The maximum Gasteiger partial charge on any atom is 0.273 e. The minimum atomic E-state index is -0.264. The summed E-state index contributed by atoms with van der Waals surface area (Å²) >= 11 is 0. The summed E-state index contributed by atoms with van der Waals surface area (Å²) in [6.45, 7) is 0.643. The predicted molar refractivity (Wildman–Crippen MR) is 115 cm³/mol. The van der Waals surface area contributed by atoms with Crippen LogP contribution in [0.3, 0.4) is 0 Å². The second-order valence-electron chi connectivity index (χ2n) is 7.86. The maximum absolute atomic E-state index is 13.5. The first-order valence-corrected chi connectivity index (χ1v) is 10.5. The Morgan fingerprint density at radius 2 is 1.90 bits per heavy atom. The highest BCUT2D eigenvalue weighted by Gasteiger charge is 2.33. The Kier molecular flexibility index (Phi) is 5.20. The Morgan fingerprint density at radius 3 is 2.77 bits per heavy atom. The number of benzene rings is 2. The number of piperidine rings is 1. The van der Waals surface area contributed by atoms with E-state index in [-0.39, 0.29) is 17.8 Å². The summed E-state index contributed by atoms with van der Waals surface area (Å²) in [5.74, 6) is 0.883. The third-order valence-electron chi connectivity index (χ3n) is 5.79. The number of carbonyl (C=O) groups excluding carboxylic acids is 1. The summed E-state index contributed by atoms with van der Waals surface area (Å²) in [7, 11) is 0. The molecule has 0 N–H and O–H groups in total. The molecule has 5 rings (SSSR count). The summed E-state index contributed by atoms with van der Waals surface area (Å²) in [6, 6.07) is 15.8. The number of amides is 1. The Balaban J connectivity index is 1.41. The van der Waals surface area contributed by atoms with E-state index in [1.54, 1.807) is 24.5 Å². The van der Waals surface area contributed by atoms with E-state index < -0.39 is 0 Å². The number of oxazole rings is 1. The van der Waals surface area contributed by atoms with Crippen LogP contribution in [0.5, 0.6) is 0 Å². The Labute approximate surface area is 179 Å². The number of carbonyl (C=O) groups is 1. The Morgan fingerprint density at radius 1 is 1.06 bits per heavy atom. The van der Waals surface area contributed by atoms with Gasteiger partial charge < -0.3 is 9.32 Å². The van der Waals surface area contributed by atoms with Gasteiger partial charge in [0.1, 0.15) is 23.3 Å². The molecule has 1 amide bonds. The maximum atomic E-state index is 13.5. The standard InChI is InChI=1S/C25H22FN3O2/c26-19-10-8-17(9-11-19)15-20-16-28-24(31-20)22-7-3-4-14-29(22)25(30)23-21-6-2-1-5-18(21)12-13-27-23/h1-2,5-6,8-13,16,22H,3-4,7,14-15H2/t22-/m1/s1. The number of rotatable bonds is 4. The van der Waals surface area contributed by atoms with Crippen LogP contribution in [0.1, 0.15) is 53.0 Å². The predicted octanol–water partition coefficient (Wildman–Crippen LogP) is 5.32. The van der Waals surface area contributed by atoms with Crippen LogP contribution in [0.25, 0.3) is 10.8 Å². The number of hydrogen-bond donors (Lipinski definition) is 0. The van der Waals surface area contributed by atoms with E-state index in [9.17, 15) is 9.18 Å². The van der Waals surface area contributed by atoms with Crippen molar-refractivity contribution in [2.75, 3.05) is 6.54 Å². The number of halogens is 1. The van der Waals surface area contributed by atoms with Crippen molar-refractivity contribution in [3.8, 4) is 0 Å². The molecule has 0 bridgehead atoms. The van der Waals surface area contributed by atoms with Crippen LogP contribution in [0.15, 0.2) is 71.4 Å². The minimum absolute atomic E-state index is 0.0974. The molecule has 1 aliphatic heterocycles. The first-order valence-electron chi connectivity index (χ1n) is 10.5. The van der Waals surface area contributed by atoms with E-state index in [1.807, 2.05) is 35.2 Å². The molecule has 1 saturated heterocycles. The van der Waals surface area contributed by atoms with Crippen molar-refractivity contribution in [3.05, 3.63) is 95.7 Å². The third-order valence-corrected chi connectivity index (χ3v) is 5.79. The zero-order chi connectivity index (χ0) is 21.2. The van der Waals surface area contributed by atoms with Gasteiger partial charge in [-0.1, -0.05) is 36.4 Å². The number of fused-ring (bicyclic) bond motifs is 1. The van der Waals surface area contributed by atoms with Crippen LogP contribution in [0, 0.1) is 5.82 Å². The van der Waals surface area contributed by atoms with E-state index in [0.29, 0.717) is 30.3 Å². The van der Waals surface area contributed by atoms with Crippen LogP contribution in [0.2, 0.25) is 0 Å². The van der Waals surface area contributed by atoms with Gasteiger partial charge >= 0.3 is 0 Å². The molecule has 2 aromatic heterocycles. The molecule has 0 aliphatic carbocycles. The molecule has 0 radical (unpaired) electrons. The van der Waals surface area contributed by atoms with Crippen LogP contribution < -0.4 is 0 Å². The smallest absolute Gasteiger partial charge is 0.273 e. The molecule has 156 valence electrons. The van der Waals surface area contributed by atoms with Gasteiger partial charge in [-0.05, 0) is 48.4 Å². The van der Waals surface area contributed by atoms with Crippen LogP contribution >= 0.6 is 0 Å². The zero-order valence-corrected chi connectivity index (χ0v) is 17.0. The summed E-state index contributed by atoms with van der Waals surface area (Å²) < 4.78 is 19.2. The van der Waals surface area contributed by atoms with Crippen LogP contribution in [-0.4, -0.2) is 27.3 Å². The fourth-order valence-electron chi connectivity index (χ4n) is 4.22. The highest BCUT2D eigenvalue weighted by molar-refractivity contribution is 6.05. The molecule has 4 aromatic rings. The van der Waals surface area contributed by atoms with Crippen molar-refractivity contribution >= 4 is 16.7 Å². The van der Waals surface area contributed by atoms with Gasteiger partial charge in [-0.15, -0.1) is 0 Å². The highest BCUT2D eigenvalue weighted by Crippen LogP contribution is 2.33. The second-order valence-corrected chi connectivity index (χ2v) is 7.86. The highest BCUT2D eigenvalue weighted by atomic mass is 19.1. The molecule has 1 fully saturated rings. The lowest BCUT2D eigenvalue weighted by Gasteiger charge is -2.33. The van der Waals surface area contributed by atoms with Gasteiger partial charge in [0.2, 0.25) is 5.89 Å². The summed E-state index contributed by atoms with van der Waals surface area (Å²) in [5, 5.41) is 1.84. The van der Waals surface area contributed by atoms with E-state index in [0.717, 1.165) is 35.6 Å². The van der Waals surface area contributed by atoms with Gasteiger partial charge in [-0.3, -0.25) is 9.78 Å². The SMILES string of the molecule is O=C(c1nccc2ccccc12)N1CCCC[C@@H]1c1ncc(Cc2ccc(F)cc2)o1. The Hall–Kier alpha value is -3.54. The van der Waals surface area contributed by atoms with Crippen LogP contribution in [0.4, 0.5) is 4.39 Å². The summed E-state index contributed by atoms with van der Waals surface area (Å²) in [6.07, 6.45) is 6.65. The molecule has 6 heteroatoms. The van der Waals surface area contributed by atoms with Crippen LogP contribution in [-0.2, 0) is 6.42 Å². The van der Waals surface area contributed by atoms with Crippen molar-refractivity contribution in [3.63, 3.8) is 0 Å². The fraction of sp³-hybridized carbons (Fsp3) is 0.240. The number of likely N-dealkylation sites (tertiary alicyclic amines) is 1. The molecule has 1 aliphatic rings. The lowest BCUT2D eigenvalue weighted by molar-refractivity contribution is 0.0566. The molecular weight excluding hydrogens is 393 g/mol. The minimum Gasteiger partial charge on any atom is -0.443 e. The first-order chi connectivity index (χ1) is 15.2. The molecule has 0 spiro atoms. The number of nitrogens with zero attached hydrogens (tertiary/aromatic N) is 3. The van der Waals surface area contributed by atoms with Gasteiger partial charge in [0.05, 0.1) is 6.20 Å². The molecule has 0 unspecified atom stereocenters. The van der Waals surface area contributed by atoms with Gasteiger partial charge in [0.25, 0.3) is 5.91 Å². The summed E-state index contributed by atoms with van der Waals surface area (Å²) in [5.41, 5.74) is 1.41. The van der Waals surface area contributed by atoms with E-state index in [1.165, 1.54) is 12.1 Å². The first kappa shape index (κ1) is 19.4. The molecule has 0 saturated carbocycles. The van der Waals surface area contributed by atoms with Crippen molar-refractivity contribution in [2.45, 2.75) is 31.7 Å². The zero-order valence-electron chi connectivity index (χ0n) is 17.0. The van der Waals surface area contributed by atoms with Crippen molar-refractivity contribution < 1.29 is 13.6 Å². The lowest BCUT2D eigenvalue weighted by Crippen LogP contribution is -2.39. The lowest BCUT2D eigenvalue weighted by atomic mass is 10.0.